The largest absolute Gasteiger partial charge is 0.481 e. The van der Waals surface area contributed by atoms with Crippen LogP contribution in [0.3, 0.4) is 0 Å². The minimum absolute atomic E-state index is 0.0312. The predicted molar refractivity (Wildman–Crippen MR) is 217 cm³/mol. The molecule has 0 aliphatic carbocycles. The van der Waals surface area contributed by atoms with Gasteiger partial charge in [-0.2, -0.15) is 0 Å². The Bertz CT molecular complexity index is 1230. The zero-order valence-electron chi connectivity index (χ0n) is 34.9. The Kier molecular flexibility index (Phi) is 34.3. The number of carboxylic acids is 4. The van der Waals surface area contributed by atoms with Crippen molar-refractivity contribution >= 4 is 47.4 Å². The van der Waals surface area contributed by atoms with E-state index in [0.29, 0.717) is 25.8 Å². The number of carbonyl (C=O) groups is 8. The lowest BCUT2D eigenvalue weighted by molar-refractivity contribution is -0.145. The molecule has 0 spiro atoms. The topological polar surface area (TPSA) is 298 Å². The van der Waals surface area contributed by atoms with Crippen LogP contribution < -0.4 is 21.7 Å². The number of nitrogens with two attached hydrogens (primary N) is 1. The van der Waals surface area contributed by atoms with Gasteiger partial charge >= 0.3 is 23.9 Å². The van der Waals surface area contributed by atoms with Gasteiger partial charge in [-0.25, -0.2) is 4.79 Å². The molecule has 0 saturated heterocycles. The maximum Gasteiger partial charge on any atom is 0.326 e. The van der Waals surface area contributed by atoms with Crippen molar-refractivity contribution in [1.29, 1.82) is 0 Å². The van der Waals surface area contributed by atoms with E-state index in [2.05, 4.69) is 16.0 Å². The van der Waals surface area contributed by atoms with Crippen molar-refractivity contribution in [2.75, 3.05) is 39.5 Å². The summed E-state index contributed by atoms with van der Waals surface area (Å²) in [5, 5.41) is 44.1. The second-order valence-electron chi connectivity index (χ2n) is 15.0. The number of carbonyl (C=O) groups excluding carboxylic acids is 4. The van der Waals surface area contributed by atoms with Crippen molar-refractivity contribution in [2.45, 2.75) is 166 Å². The Labute approximate surface area is 348 Å². The molecule has 9 N–H and O–H groups in total. The number of aliphatic carboxylic acids is 4. The number of hydrogen-bond donors (Lipinski definition) is 8. The summed E-state index contributed by atoms with van der Waals surface area (Å²) in [7, 11) is 0. The minimum atomic E-state index is -1.39. The Morgan fingerprint density at radius 2 is 0.983 bits per heavy atom. The number of carboxylic acid groups (broad SMARTS) is 4. The highest BCUT2D eigenvalue weighted by Crippen LogP contribution is 2.15. The number of hydrogen-bond acceptors (Lipinski definition) is 11. The van der Waals surface area contributed by atoms with Crippen LogP contribution in [0.15, 0.2) is 0 Å². The van der Waals surface area contributed by atoms with Crippen LogP contribution in [0.4, 0.5) is 0 Å². The summed E-state index contributed by atoms with van der Waals surface area (Å²) in [6.45, 7) is 0.745. The van der Waals surface area contributed by atoms with E-state index in [1.54, 1.807) is 0 Å². The first-order valence-electron chi connectivity index (χ1n) is 21.4. The van der Waals surface area contributed by atoms with Crippen LogP contribution in [0.2, 0.25) is 0 Å². The maximum absolute atomic E-state index is 12.4. The summed E-state index contributed by atoms with van der Waals surface area (Å²) in [4.78, 5) is 93.4. The van der Waals surface area contributed by atoms with E-state index in [-0.39, 0.29) is 83.8 Å². The summed E-state index contributed by atoms with van der Waals surface area (Å²) in [6.07, 6.45) is 16.2. The molecular weight excluding hydrogens is 772 g/mol. The number of ether oxygens (including phenoxy) is 2. The average Bonchev–Trinajstić information content (AvgIpc) is 3.18. The fraction of sp³-hybridized carbons (Fsp3) is 0.805. The van der Waals surface area contributed by atoms with Gasteiger partial charge < -0.3 is 51.6 Å². The SMILES string of the molecule is N[C@@H](CCCCNC(=O)CC[C@H](NC(=O)CC[C@H](CC(=O)COCCOCCNC(=O)CCCCCCCCCCCCCCCCC(=O)O)C(=O)O)C(=O)O)C(=O)O. The molecule has 3 amide bonds. The highest BCUT2D eigenvalue weighted by molar-refractivity contribution is 5.86. The van der Waals surface area contributed by atoms with Gasteiger partial charge in [0.25, 0.3) is 0 Å². The first-order valence-corrected chi connectivity index (χ1v) is 21.4. The minimum Gasteiger partial charge on any atom is -0.481 e. The Morgan fingerprint density at radius 3 is 1.53 bits per heavy atom. The maximum atomic E-state index is 12.4. The van der Waals surface area contributed by atoms with Crippen molar-refractivity contribution in [1.82, 2.24) is 16.0 Å². The van der Waals surface area contributed by atoms with Gasteiger partial charge in [0.1, 0.15) is 18.7 Å². The van der Waals surface area contributed by atoms with E-state index in [1.165, 1.54) is 51.4 Å². The molecule has 3 atom stereocenters. The zero-order chi connectivity index (χ0) is 44.1. The molecule has 0 fully saturated rings. The summed E-state index contributed by atoms with van der Waals surface area (Å²) in [5.41, 5.74) is 5.42. The van der Waals surface area contributed by atoms with E-state index in [0.717, 1.165) is 38.5 Å². The standard InChI is InChI=1S/C41H72N4O14/c42-33(40(54)55)17-15-16-24-43-36(48)23-21-34(41(56)57)45-37(49)22-20-31(39(52)53)29-32(46)30-59-28-27-58-26-25-44-35(47)18-13-11-9-7-5-3-1-2-4-6-8-10-12-14-19-38(50)51/h31,33-34H,1-30,42H2,(H,43,48)(H,44,47)(H,45,49)(H,50,51)(H,52,53)(H,54,55)(H,56,57)/t31-,33+,34+/m1/s1. The van der Waals surface area contributed by atoms with Crippen LogP contribution >= 0.6 is 0 Å². The number of ketones is 1. The first kappa shape index (κ1) is 54.8. The van der Waals surface area contributed by atoms with Crippen molar-refractivity contribution < 1.29 is 68.3 Å². The third kappa shape index (κ3) is 35.5. The van der Waals surface area contributed by atoms with Gasteiger partial charge in [-0.1, -0.05) is 77.0 Å². The van der Waals surface area contributed by atoms with Crippen molar-refractivity contribution in [2.24, 2.45) is 11.7 Å². The van der Waals surface area contributed by atoms with E-state index in [9.17, 15) is 48.6 Å². The molecule has 59 heavy (non-hydrogen) atoms. The summed E-state index contributed by atoms with van der Waals surface area (Å²) < 4.78 is 10.7. The van der Waals surface area contributed by atoms with Crippen molar-refractivity contribution in [3.05, 3.63) is 0 Å². The van der Waals surface area contributed by atoms with E-state index < -0.39 is 59.5 Å². The second-order valence-corrected chi connectivity index (χ2v) is 15.0. The number of Topliss-reactive ketones (excluding diaryl/α,β-unsaturated/α-hetero) is 1. The molecule has 0 aromatic rings. The highest BCUT2D eigenvalue weighted by Gasteiger charge is 2.25. The van der Waals surface area contributed by atoms with Crippen molar-refractivity contribution in [3.8, 4) is 0 Å². The molecule has 340 valence electrons. The molecule has 18 heteroatoms. The third-order valence-corrected chi connectivity index (χ3v) is 9.67. The van der Waals surface area contributed by atoms with Crippen LogP contribution in [0.25, 0.3) is 0 Å². The van der Waals surface area contributed by atoms with Crippen LogP contribution in [0.5, 0.6) is 0 Å². The van der Waals surface area contributed by atoms with E-state index in [1.807, 2.05) is 0 Å². The van der Waals surface area contributed by atoms with Crippen LogP contribution in [-0.2, 0) is 47.8 Å². The lowest BCUT2D eigenvalue weighted by atomic mass is 9.97. The number of rotatable bonds is 42. The molecule has 0 radical (unpaired) electrons. The fourth-order valence-corrected chi connectivity index (χ4v) is 6.12. The lowest BCUT2D eigenvalue weighted by Crippen LogP contribution is -2.42. The van der Waals surface area contributed by atoms with Crippen LogP contribution in [0, 0.1) is 5.92 Å². The van der Waals surface area contributed by atoms with E-state index in [4.69, 9.17) is 25.4 Å². The lowest BCUT2D eigenvalue weighted by Gasteiger charge is -2.16. The molecule has 18 nitrogen and oxygen atoms in total. The van der Waals surface area contributed by atoms with Crippen LogP contribution in [0.1, 0.15) is 154 Å². The molecule has 0 saturated carbocycles. The van der Waals surface area contributed by atoms with Gasteiger partial charge in [-0.3, -0.25) is 33.6 Å². The molecular formula is C41H72N4O14. The van der Waals surface area contributed by atoms with Gasteiger partial charge in [-0.15, -0.1) is 0 Å². The Morgan fingerprint density at radius 1 is 0.475 bits per heavy atom. The molecule has 0 aliphatic rings. The van der Waals surface area contributed by atoms with Gasteiger partial charge in [0.05, 0.1) is 25.7 Å². The monoisotopic (exact) mass is 845 g/mol. The summed E-state index contributed by atoms with van der Waals surface area (Å²) in [5.74, 6) is -7.38. The van der Waals surface area contributed by atoms with Gasteiger partial charge in [0.2, 0.25) is 17.7 Å². The molecule has 0 aromatic carbocycles. The molecule has 0 aromatic heterocycles. The van der Waals surface area contributed by atoms with Crippen LogP contribution in [-0.4, -0.2) is 119 Å². The van der Waals surface area contributed by atoms with E-state index >= 15 is 0 Å². The molecule has 0 bridgehead atoms. The molecule has 0 rings (SSSR count). The molecule has 0 aliphatic heterocycles. The van der Waals surface area contributed by atoms with Gasteiger partial charge in [-0.05, 0) is 44.9 Å². The Hall–Kier alpha value is -4.16. The average molecular weight is 845 g/mol. The Balaban J connectivity index is 3.92. The highest BCUT2D eigenvalue weighted by atomic mass is 16.5. The third-order valence-electron chi connectivity index (χ3n) is 9.67. The van der Waals surface area contributed by atoms with Crippen molar-refractivity contribution in [3.63, 3.8) is 0 Å². The summed E-state index contributed by atoms with van der Waals surface area (Å²) >= 11 is 0. The zero-order valence-corrected chi connectivity index (χ0v) is 34.9. The van der Waals surface area contributed by atoms with Gasteiger partial charge in [0.15, 0.2) is 5.78 Å². The van der Waals surface area contributed by atoms with Gasteiger partial charge in [0, 0.05) is 45.2 Å². The molecule has 0 unspecified atom stereocenters. The quantitative estimate of drug-likeness (QED) is 0.0404. The number of unbranched alkanes of at least 4 members (excludes halogenated alkanes) is 14. The normalized spacial score (nSPS) is 12.6. The summed E-state index contributed by atoms with van der Waals surface area (Å²) in [6, 6.07) is -2.37. The molecule has 0 heterocycles. The number of nitrogens with one attached hydrogen (secondary N) is 3. The predicted octanol–water partition coefficient (Wildman–Crippen LogP) is 3.95. The number of amides is 3. The second kappa shape index (κ2) is 36.9. The fourth-order valence-electron chi connectivity index (χ4n) is 6.12. The first-order chi connectivity index (χ1) is 28.2. The smallest absolute Gasteiger partial charge is 0.326 e.